The Balaban J connectivity index is 4.52. The third kappa shape index (κ3) is 4.81. The summed E-state index contributed by atoms with van der Waals surface area (Å²) < 4.78 is 37.6. The molecule has 0 spiro atoms. The molecular formula is C11H22F3N3O. The summed E-state index contributed by atoms with van der Waals surface area (Å²) in [5.41, 5.74) is 1.83. The van der Waals surface area contributed by atoms with Crippen molar-refractivity contribution < 1.29 is 18.0 Å². The van der Waals surface area contributed by atoms with Gasteiger partial charge in [0.25, 0.3) is 0 Å². The summed E-state index contributed by atoms with van der Waals surface area (Å²) in [6.45, 7) is 5.15. The maximum atomic E-state index is 12.5. The molecule has 0 saturated heterocycles. The molecule has 0 saturated carbocycles. The molecule has 7 heteroatoms. The van der Waals surface area contributed by atoms with Crippen LogP contribution in [0.15, 0.2) is 0 Å². The van der Waals surface area contributed by atoms with E-state index in [0.717, 1.165) is 0 Å². The maximum absolute atomic E-state index is 12.5. The molecule has 0 fully saturated rings. The number of hydrogen-bond acceptors (Lipinski definition) is 3. The van der Waals surface area contributed by atoms with Gasteiger partial charge in [0.2, 0.25) is 5.91 Å². The molecule has 3 N–H and O–H groups in total. The smallest absolute Gasteiger partial charge is 0.354 e. The number of nitrogens with zero attached hydrogens (tertiary/aromatic N) is 1. The van der Waals surface area contributed by atoms with Gasteiger partial charge >= 0.3 is 6.18 Å². The Morgan fingerprint density at radius 2 is 1.67 bits per heavy atom. The van der Waals surface area contributed by atoms with Crippen LogP contribution in [0.25, 0.3) is 0 Å². The van der Waals surface area contributed by atoms with E-state index in [9.17, 15) is 18.0 Å². The van der Waals surface area contributed by atoms with E-state index >= 15 is 0 Å². The molecule has 0 bridgehead atoms. The first-order chi connectivity index (χ1) is 7.79. The lowest BCUT2D eigenvalue weighted by molar-refractivity contribution is -0.187. The van der Waals surface area contributed by atoms with Gasteiger partial charge in [-0.05, 0) is 26.4 Å². The molecule has 0 aliphatic rings. The van der Waals surface area contributed by atoms with Crippen molar-refractivity contribution >= 4 is 5.91 Å². The standard InChI is InChI=1S/C11H22F3N3O/c1-9(2,7-17(4)5)6-16-8(18)10(3,15)11(12,13)14/h6-7,15H2,1-5H3,(H,16,18). The summed E-state index contributed by atoms with van der Waals surface area (Å²) in [6, 6.07) is 0. The first-order valence-electron chi connectivity index (χ1n) is 5.58. The quantitative estimate of drug-likeness (QED) is 0.782. The zero-order chi connectivity index (χ0) is 14.8. The van der Waals surface area contributed by atoms with Crippen LogP contribution in [0.3, 0.4) is 0 Å². The molecule has 0 aliphatic heterocycles. The Labute approximate surface area is 106 Å². The molecule has 0 aromatic rings. The van der Waals surface area contributed by atoms with Gasteiger partial charge < -0.3 is 16.0 Å². The van der Waals surface area contributed by atoms with E-state index in [0.29, 0.717) is 13.5 Å². The van der Waals surface area contributed by atoms with Crippen LogP contribution < -0.4 is 11.1 Å². The summed E-state index contributed by atoms with van der Waals surface area (Å²) in [7, 11) is 3.71. The highest BCUT2D eigenvalue weighted by atomic mass is 19.4. The Bertz CT molecular complexity index is 298. The summed E-state index contributed by atoms with van der Waals surface area (Å²) in [6.07, 6.45) is -4.76. The third-order valence-electron chi connectivity index (χ3n) is 2.53. The van der Waals surface area contributed by atoms with Gasteiger partial charge in [0.15, 0.2) is 5.54 Å². The first kappa shape index (κ1) is 17.2. The maximum Gasteiger partial charge on any atom is 0.415 e. The molecule has 108 valence electrons. The zero-order valence-electron chi connectivity index (χ0n) is 11.5. The first-order valence-corrected chi connectivity index (χ1v) is 5.58. The van der Waals surface area contributed by atoms with Gasteiger partial charge in [-0.3, -0.25) is 4.79 Å². The molecule has 18 heavy (non-hydrogen) atoms. The molecule has 0 aromatic carbocycles. The second-order valence-electron chi connectivity index (χ2n) is 5.78. The summed E-state index contributed by atoms with van der Waals surface area (Å²) in [4.78, 5) is 13.4. The van der Waals surface area contributed by atoms with E-state index in [4.69, 9.17) is 5.73 Å². The van der Waals surface area contributed by atoms with Crippen LogP contribution >= 0.6 is 0 Å². The topological polar surface area (TPSA) is 58.4 Å². The molecule has 0 rings (SSSR count). The minimum absolute atomic E-state index is 0.132. The van der Waals surface area contributed by atoms with E-state index in [1.165, 1.54) is 0 Å². The molecule has 0 heterocycles. The van der Waals surface area contributed by atoms with Crippen molar-refractivity contribution in [1.82, 2.24) is 10.2 Å². The van der Waals surface area contributed by atoms with Crippen molar-refractivity contribution in [2.24, 2.45) is 11.1 Å². The van der Waals surface area contributed by atoms with Gasteiger partial charge in [0.05, 0.1) is 0 Å². The van der Waals surface area contributed by atoms with Crippen LogP contribution in [0.1, 0.15) is 20.8 Å². The van der Waals surface area contributed by atoms with Crippen LogP contribution in [-0.2, 0) is 4.79 Å². The highest BCUT2D eigenvalue weighted by Gasteiger charge is 2.53. The fourth-order valence-electron chi connectivity index (χ4n) is 1.54. The molecule has 0 aromatic heterocycles. The van der Waals surface area contributed by atoms with Gasteiger partial charge in [-0.15, -0.1) is 0 Å². The van der Waals surface area contributed by atoms with Crippen LogP contribution in [-0.4, -0.2) is 49.7 Å². The minimum atomic E-state index is -4.76. The van der Waals surface area contributed by atoms with Gasteiger partial charge in [-0.2, -0.15) is 13.2 Å². The van der Waals surface area contributed by atoms with E-state index in [-0.39, 0.29) is 12.0 Å². The van der Waals surface area contributed by atoms with Crippen LogP contribution in [0.4, 0.5) is 13.2 Å². The van der Waals surface area contributed by atoms with Crippen molar-refractivity contribution in [3.63, 3.8) is 0 Å². The average molecular weight is 269 g/mol. The average Bonchev–Trinajstić information content (AvgIpc) is 2.10. The van der Waals surface area contributed by atoms with Crippen molar-refractivity contribution in [1.29, 1.82) is 0 Å². The van der Waals surface area contributed by atoms with Crippen molar-refractivity contribution in [3.8, 4) is 0 Å². The number of nitrogens with two attached hydrogens (primary N) is 1. The van der Waals surface area contributed by atoms with Crippen molar-refractivity contribution in [2.45, 2.75) is 32.5 Å². The normalized spacial score (nSPS) is 16.6. The Morgan fingerprint density at radius 3 is 2.00 bits per heavy atom. The van der Waals surface area contributed by atoms with Gasteiger partial charge in [0.1, 0.15) is 0 Å². The second-order valence-corrected chi connectivity index (χ2v) is 5.78. The molecule has 0 radical (unpaired) electrons. The fourth-order valence-corrected chi connectivity index (χ4v) is 1.54. The Kier molecular flexibility index (Phi) is 5.19. The molecule has 1 amide bonds. The summed E-state index contributed by atoms with van der Waals surface area (Å²) in [5, 5.41) is 2.26. The lowest BCUT2D eigenvalue weighted by atomic mass is 9.92. The summed E-state index contributed by atoms with van der Waals surface area (Å²) >= 11 is 0. The number of nitrogens with one attached hydrogen (secondary N) is 1. The fraction of sp³-hybridized carbons (Fsp3) is 0.909. The number of hydrogen-bond donors (Lipinski definition) is 2. The predicted octanol–water partition coefficient (Wildman–Crippen LogP) is 0.970. The largest absolute Gasteiger partial charge is 0.415 e. The van der Waals surface area contributed by atoms with Gasteiger partial charge in [0, 0.05) is 13.1 Å². The number of amides is 1. The number of alkyl halides is 3. The van der Waals surface area contributed by atoms with E-state index in [1.807, 2.05) is 32.8 Å². The van der Waals surface area contributed by atoms with Crippen LogP contribution in [0.5, 0.6) is 0 Å². The van der Waals surface area contributed by atoms with E-state index in [1.54, 1.807) is 0 Å². The number of carbonyl (C=O) groups excluding carboxylic acids is 1. The van der Waals surface area contributed by atoms with E-state index < -0.39 is 17.6 Å². The number of rotatable bonds is 5. The van der Waals surface area contributed by atoms with Crippen LogP contribution in [0, 0.1) is 5.41 Å². The van der Waals surface area contributed by atoms with Gasteiger partial charge in [-0.1, -0.05) is 13.8 Å². The predicted molar refractivity (Wildman–Crippen MR) is 64.0 cm³/mol. The lowest BCUT2D eigenvalue weighted by Crippen LogP contribution is -2.62. The zero-order valence-corrected chi connectivity index (χ0v) is 11.5. The van der Waals surface area contributed by atoms with Gasteiger partial charge in [-0.25, -0.2) is 0 Å². The second kappa shape index (κ2) is 5.44. The molecular weight excluding hydrogens is 247 g/mol. The Hall–Kier alpha value is -0.820. The van der Waals surface area contributed by atoms with Crippen LogP contribution in [0.2, 0.25) is 0 Å². The monoisotopic (exact) mass is 269 g/mol. The Morgan fingerprint density at radius 1 is 1.22 bits per heavy atom. The molecule has 0 aliphatic carbocycles. The molecule has 1 unspecified atom stereocenters. The molecule has 4 nitrogen and oxygen atoms in total. The number of halogens is 3. The van der Waals surface area contributed by atoms with Crippen molar-refractivity contribution in [3.05, 3.63) is 0 Å². The molecule has 1 atom stereocenters. The summed E-state index contributed by atoms with van der Waals surface area (Å²) in [5.74, 6) is -1.21. The third-order valence-corrected chi connectivity index (χ3v) is 2.53. The number of carbonyl (C=O) groups is 1. The highest BCUT2D eigenvalue weighted by molar-refractivity contribution is 5.86. The van der Waals surface area contributed by atoms with E-state index in [2.05, 4.69) is 5.32 Å². The lowest BCUT2D eigenvalue weighted by Gasteiger charge is -2.31. The van der Waals surface area contributed by atoms with Crippen molar-refractivity contribution in [2.75, 3.05) is 27.2 Å². The minimum Gasteiger partial charge on any atom is -0.354 e. The SMILES string of the molecule is CN(C)CC(C)(C)CNC(=O)C(C)(N)C(F)(F)F. The highest BCUT2D eigenvalue weighted by Crippen LogP contribution is 2.28.